The lowest BCUT2D eigenvalue weighted by Gasteiger charge is -2.31. The second-order valence-corrected chi connectivity index (χ2v) is 6.95. The van der Waals surface area contributed by atoms with Gasteiger partial charge in [0.1, 0.15) is 0 Å². The van der Waals surface area contributed by atoms with Crippen LogP contribution in [0.1, 0.15) is 30.9 Å². The van der Waals surface area contributed by atoms with Gasteiger partial charge in [0, 0.05) is 35.7 Å². The number of halogens is 2. The van der Waals surface area contributed by atoms with Crippen LogP contribution >= 0.6 is 23.2 Å². The number of aliphatic hydroxyl groups excluding tert-OH is 1. The zero-order chi connectivity index (χ0) is 18.4. The van der Waals surface area contributed by atoms with E-state index in [9.17, 15) is 14.7 Å². The first-order valence-electron chi connectivity index (χ1n) is 8.23. The van der Waals surface area contributed by atoms with Crippen LogP contribution in [0.4, 0.5) is 0 Å². The number of benzene rings is 1. The topological polar surface area (TPSA) is 69.6 Å². The minimum Gasteiger partial charge on any atom is -0.396 e. The zero-order valence-corrected chi connectivity index (χ0v) is 15.4. The molecule has 2 N–H and O–H groups in total. The first-order valence-corrected chi connectivity index (χ1v) is 8.98. The van der Waals surface area contributed by atoms with Gasteiger partial charge in [-0.2, -0.15) is 0 Å². The second-order valence-electron chi connectivity index (χ2n) is 6.08. The van der Waals surface area contributed by atoms with Crippen LogP contribution in [0.5, 0.6) is 0 Å². The van der Waals surface area contributed by atoms with Crippen molar-refractivity contribution in [3.63, 3.8) is 0 Å². The van der Waals surface area contributed by atoms with Crippen LogP contribution in [0.3, 0.4) is 0 Å². The molecule has 1 fully saturated rings. The number of piperidine rings is 1. The molecular weight excluding hydrogens is 363 g/mol. The third kappa shape index (κ3) is 5.46. The van der Waals surface area contributed by atoms with Gasteiger partial charge in [-0.25, -0.2) is 0 Å². The van der Waals surface area contributed by atoms with Crippen molar-refractivity contribution in [2.75, 3.05) is 19.7 Å². The van der Waals surface area contributed by atoms with Crippen molar-refractivity contribution in [2.45, 2.75) is 25.3 Å². The van der Waals surface area contributed by atoms with Gasteiger partial charge in [0.05, 0.1) is 6.04 Å². The Balaban J connectivity index is 2.01. The predicted octanol–water partition coefficient (Wildman–Crippen LogP) is 2.96. The first kappa shape index (κ1) is 19.8. The van der Waals surface area contributed by atoms with E-state index in [1.807, 2.05) is 0 Å². The average Bonchev–Trinajstić information content (AvgIpc) is 2.60. The van der Waals surface area contributed by atoms with Gasteiger partial charge in [0.15, 0.2) is 0 Å². The lowest BCUT2D eigenvalue weighted by molar-refractivity contribution is -0.132. The van der Waals surface area contributed by atoms with E-state index < -0.39 is 0 Å². The first-order chi connectivity index (χ1) is 11.9. The Morgan fingerprint density at radius 1 is 1.28 bits per heavy atom. The normalized spacial score (nSPS) is 16.4. The molecule has 0 radical (unpaired) electrons. The van der Waals surface area contributed by atoms with Gasteiger partial charge in [-0.1, -0.05) is 29.8 Å². The molecule has 1 aliphatic rings. The Morgan fingerprint density at radius 2 is 1.88 bits per heavy atom. The van der Waals surface area contributed by atoms with Crippen LogP contribution in [0, 0.1) is 5.92 Å². The molecule has 1 saturated heterocycles. The highest BCUT2D eigenvalue weighted by Gasteiger charge is 2.28. The van der Waals surface area contributed by atoms with Crippen LogP contribution in [0.15, 0.2) is 30.9 Å². The summed E-state index contributed by atoms with van der Waals surface area (Å²) in [5.74, 6) is -0.351. The van der Waals surface area contributed by atoms with Crippen LogP contribution in [-0.2, 0) is 9.59 Å². The molecule has 1 unspecified atom stereocenters. The molecule has 1 aliphatic heterocycles. The largest absolute Gasteiger partial charge is 0.396 e. The fourth-order valence-electron chi connectivity index (χ4n) is 3.01. The highest BCUT2D eigenvalue weighted by molar-refractivity contribution is 6.34. The Labute approximate surface area is 157 Å². The minimum atomic E-state index is -0.360. The van der Waals surface area contributed by atoms with Crippen LogP contribution in [-0.4, -0.2) is 41.5 Å². The monoisotopic (exact) mass is 384 g/mol. The van der Waals surface area contributed by atoms with Crippen molar-refractivity contribution >= 4 is 35.0 Å². The van der Waals surface area contributed by atoms with E-state index in [2.05, 4.69) is 11.9 Å². The molecule has 0 saturated carbocycles. The van der Waals surface area contributed by atoms with E-state index >= 15 is 0 Å². The summed E-state index contributed by atoms with van der Waals surface area (Å²) in [6.45, 7) is 4.49. The van der Waals surface area contributed by atoms with Crippen LogP contribution in [0.25, 0.3) is 0 Å². The molecule has 2 rings (SSSR count). The van der Waals surface area contributed by atoms with E-state index in [4.69, 9.17) is 23.2 Å². The average molecular weight is 385 g/mol. The molecule has 0 spiro atoms. The summed E-state index contributed by atoms with van der Waals surface area (Å²) in [6, 6.07) is 4.73. The van der Waals surface area contributed by atoms with E-state index in [1.165, 1.54) is 6.08 Å². The minimum absolute atomic E-state index is 0.0681. The van der Waals surface area contributed by atoms with Gasteiger partial charge in [0.2, 0.25) is 11.8 Å². The maximum Gasteiger partial charge on any atom is 0.245 e. The zero-order valence-electron chi connectivity index (χ0n) is 13.9. The van der Waals surface area contributed by atoms with Gasteiger partial charge in [-0.15, -0.1) is 0 Å². The number of aliphatic hydroxyl groups is 1. The Kier molecular flexibility index (Phi) is 7.29. The predicted molar refractivity (Wildman–Crippen MR) is 98.5 cm³/mol. The molecule has 2 amide bonds. The number of amides is 2. The third-order valence-electron chi connectivity index (χ3n) is 4.37. The summed E-state index contributed by atoms with van der Waals surface area (Å²) in [5, 5.41) is 13.3. The number of hydrogen-bond donors (Lipinski definition) is 2. The number of likely N-dealkylation sites (tertiary alicyclic amines) is 1. The van der Waals surface area contributed by atoms with Crippen molar-refractivity contribution in [2.24, 2.45) is 5.92 Å². The SMILES string of the molecule is C=CC(=O)N1CCC(C(=O)NC(CCO)c2cc(Cl)cc(Cl)c2)CC1. The molecule has 5 nitrogen and oxygen atoms in total. The molecule has 0 bridgehead atoms. The molecule has 1 aromatic rings. The molecule has 0 aliphatic carbocycles. The molecule has 0 aromatic heterocycles. The number of rotatable bonds is 6. The molecule has 1 atom stereocenters. The smallest absolute Gasteiger partial charge is 0.245 e. The fraction of sp³-hybridized carbons (Fsp3) is 0.444. The van der Waals surface area contributed by atoms with E-state index in [0.29, 0.717) is 42.4 Å². The molecule has 1 aromatic carbocycles. The standard InChI is InChI=1S/C18H22Cl2N2O3/c1-2-17(24)22-6-3-12(4-7-22)18(25)21-16(5-8-23)13-9-14(19)11-15(20)10-13/h2,9-12,16,23H,1,3-8H2,(H,21,25). The van der Waals surface area contributed by atoms with Crippen molar-refractivity contribution in [3.8, 4) is 0 Å². The Morgan fingerprint density at radius 3 is 2.40 bits per heavy atom. The number of carbonyl (C=O) groups is 2. The summed E-state index contributed by atoms with van der Waals surface area (Å²) in [4.78, 5) is 25.9. The summed E-state index contributed by atoms with van der Waals surface area (Å²) in [7, 11) is 0. The summed E-state index contributed by atoms with van der Waals surface area (Å²) >= 11 is 12.1. The van der Waals surface area contributed by atoms with Gasteiger partial charge < -0.3 is 15.3 Å². The number of nitrogens with zero attached hydrogens (tertiary/aromatic N) is 1. The summed E-state index contributed by atoms with van der Waals surface area (Å²) in [6.07, 6.45) is 2.87. The number of nitrogens with one attached hydrogen (secondary N) is 1. The third-order valence-corrected chi connectivity index (χ3v) is 4.81. The second kappa shape index (κ2) is 9.22. The Hall–Kier alpha value is -1.56. The lowest BCUT2D eigenvalue weighted by atomic mass is 9.94. The molecule has 1 heterocycles. The highest BCUT2D eigenvalue weighted by Crippen LogP contribution is 2.26. The van der Waals surface area contributed by atoms with Gasteiger partial charge in [-0.3, -0.25) is 9.59 Å². The van der Waals surface area contributed by atoms with Crippen molar-refractivity contribution in [3.05, 3.63) is 46.5 Å². The van der Waals surface area contributed by atoms with Gasteiger partial charge in [-0.05, 0) is 49.1 Å². The van der Waals surface area contributed by atoms with E-state index in [0.717, 1.165) is 5.56 Å². The van der Waals surface area contributed by atoms with Crippen molar-refractivity contribution in [1.82, 2.24) is 10.2 Å². The van der Waals surface area contributed by atoms with Crippen molar-refractivity contribution in [1.29, 1.82) is 0 Å². The maximum absolute atomic E-state index is 12.6. The van der Waals surface area contributed by atoms with Gasteiger partial charge >= 0.3 is 0 Å². The molecular formula is C18H22Cl2N2O3. The number of carbonyl (C=O) groups excluding carboxylic acids is 2. The van der Waals surface area contributed by atoms with Gasteiger partial charge in [0.25, 0.3) is 0 Å². The summed E-state index contributed by atoms with van der Waals surface area (Å²) < 4.78 is 0. The van der Waals surface area contributed by atoms with E-state index in [-0.39, 0.29) is 30.4 Å². The summed E-state index contributed by atoms with van der Waals surface area (Å²) in [5.41, 5.74) is 0.763. The molecule has 7 heteroatoms. The Bertz CT molecular complexity index is 623. The maximum atomic E-state index is 12.6. The van der Waals surface area contributed by atoms with E-state index in [1.54, 1.807) is 23.1 Å². The quantitative estimate of drug-likeness (QED) is 0.740. The highest BCUT2D eigenvalue weighted by atomic mass is 35.5. The van der Waals surface area contributed by atoms with Crippen LogP contribution < -0.4 is 5.32 Å². The molecule has 25 heavy (non-hydrogen) atoms. The molecule has 136 valence electrons. The van der Waals surface area contributed by atoms with Crippen molar-refractivity contribution < 1.29 is 14.7 Å². The fourth-order valence-corrected chi connectivity index (χ4v) is 3.55. The van der Waals surface area contributed by atoms with Crippen LogP contribution in [0.2, 0.25) is 10.0 Å². The lowest BCUT2D eigenvalue weighted by Crippen LogP contribution is -2.43. The number of hydrogen-bond acceptors (Lipinski definition) is 3.